The highest BCUT2D eigenvalue weighted by molar-refractivity contribution is 5.33. The van der Waals surface area contributed by atoms with Gasteiger partial charge in [0.1, 0.15) is 11.9 Å². The molecule has 0 amide bonds. The zero-order valence-corrected chi connectivity index (χ0v) is 10.8. The van der Waals surface area contributed by atoms with E-state index in [1.54, 1.807) is 0 Å². The van der Waals surface area contributed by atoms with Gasteiger partial charge in [0.2, 0.25) is 0 Å². The van der Waals surface area contributed by atoms with E-state index in [1.807, 2.05) is 0 Å². The lowest BCUT2D eigenvalue weighted by Crippen LogP contribution is -2.29. The molecule has 0 bridgehead atoms. The first kappa shape index (κ1) is 13.0. The van der Waals surface area contributed by atoms with Gasteiger partial charge < -0.3 is 10.1 Å². The lowest BCUT2D eigenvalue weighted by atomic mass is 10.1. The number of rotatable bonds is 6. The first-order valence-corrected chi connectivity index (χ1v) is 6.07. The summed E-state index contributed by atoms with van der Waals surface area (Å²) in [6.07, 6.45) is 1.38. The number of hydrogen-bond donors (Lipinski definition) is 1. The molecule has 0 aromatic heterocycles. The molecule has 90 valence electrons. The second kappa shape index (κ2) is 6.54. The molecule has 1 aromatic carbocycles. The van der Waals surface area contributed by atoms with Crippen LogP contribution in [0.2, 0.25) is 0 Å². The molecular weight excluding hydrogens is 198 g/mol. The van der Waals surface area contributed by atoms with Gasteiger partial charge in [-0.2, -0.15) is 0 Å². The van der Waals surface area contributed by atoms with Crippen molar-refractivity contribution in [3.05, 3.63) is 29.3 Å². The normalized spacial score (nSPS) is 12.5. The molecule has 0 aliphatic heterocycles. The molecular formula is C14H23NO. The van der Waals surface area contributed by atoms with E-state index in [2.05, 4.69) is 51.2 Å². The Labute approximate surface area is 99.0 Å². The fourth-order valence-electron chi connectivity index (χ4n) is 1.76. The molecule has 0 aliphatic carbocycles. The van der Waals surface area contributed by atoms with Crippen molar-refractivity contribution in [2.24, 2.45) is 0 Å². The van der Waals surface area contributed by atoms with Gasteiger partial charge in [0, 0.05) is 6.54 Å². The van der Waals surface area contributed by atoms with Gasteiger partial charge >= 0.3 is 0 Å². The third-order valence-corrected chi connectivity index (χ3v) is 2.39. The molecule has 1 N–H and O–H groups in total. The Balaban J connectivity index is 2.45. The first-order valence-electron chi connectivity index (χ1n) is 6.07. The maximum absolute atomic E-state index is 5.86. The van der Waals surface area contributed by atoms with E-state index in [-0.39, 0.29) is 6.10 Å². The Morgan fingerprint density at radius 1 is 1.19 bits per heavy atom. The number of nitrogens with one attached hydrogen (secondary N) is 1. The highest BCUT2D eigenvalue weighted by atomic mass is 16.5. The van der Waals surface area contributed by atoms with Crippen molar-refractivity contribution in [2.75, 3.05) is 13.1 Å². The predicted octanol–water partition coefficient (Wildman–Crippen LogP) is 3.07. The molecule has 1 atom stereocenters. The van der Waals surface area contributed by atoms with E-state index in [0.717, 1.165) is 25.3 Å². The number of aryl methyl sites for hydroxylation is 2. The summed E-state index contributed by atoms with van der Waals surface area (Å²) in [6, 6.07) is 6.33. The zero-order chi connectivity index (χ0) is 12.0. The predicted molar refractivity (Wildman–Crippen MR) is 69.2 cm³/mol. The quantitative estimate of drug-likeness (QED) is 0.745. The monoisotopic (exact) mass is 221 g/mol. The average molecular weight is 221 g/mol. The largest absolute Gasteiger partial charge is 0.489 e. The van der Waals surface area contributed by atoms with Gasteiger partial charge in [0.05, 0.1) is 0 Å². The molecule has 2 nitrogen and oxygen atoms in total. The molecule has 0 saturated carbocycles. The highest BCUT2D eigenvalue weighted by Crippen LogP contribution is 2.17. The summed E-state index contributed by atoms with van der Waals surface area (Å²) in [5, 5.41) is 3.36. The maximum atomic E-state index is 5.86. The Morgan fingerprint density at radius 2 is 1.81 bits per heavy atom. The summed E-state index contributed by atoms with van der Waals surface area (Å²) in [5.41, 5.74) is 2.51. The summed E-state index contributed by atoms with van der Waals surface area (Å²) in [5.74, 6) is 0.975. The average Bonchev–Trinajstić information content (AvgIpc) is 2.16. The van der Waals surface area contributed by atoms with E-state index in [0.29, 0.717) is 0 Å². The van der Waals surface area contributed by atoms with Crippen LogP contribution in [0.15, 0.2) is 18.2 Å². The summed E-state index contributed by atoms with van der Waals surface area (Å²) >= 11 is 0. The van der Waals surface area contributed by atoms with Crippen LogP contribution in [0.1, 0.15) is 31.4 Å². The van der Waals surface area contributed by atoms with Crippen LogP contribution in [0.4, 0.5) is 0 Å². The van der Waals surface area contributed by atoms with Crippen LogP contribution in [0.5, 0.6) is 5.75 Å². The van der Waals surface area contributed by atoms with Gasteiger partial charge in [0.25, 0.3) is 0 Å². The Morgan fingerprint density at radius 3 is 2.38 bits per heavy atom. The number of benzene rings is 1. The molecule has 0 heterocycles. The summed E-state index contributed by atoms with van der Waals surface area (Å²) in [6.45, 7) is 10.4. The van der Waals surface area contributed by atoms with Gasteiger partial charge in [-0.25, -0.2) is 0 Å². The zero-order valence-electron chi connectivity index (χ0n) is 10.8. The molecule has 0 aliphatic rings. The molecule has 2 heteroatoms. The maximum Gasteiger partial charge on any atom is 0.120 e. The minimum Gasteiger partial charge on any atom is -0.489 e. The van der Waals surface area contributed by atoms with E-state index < -0.39 is 0 Å². The SMILES string of the molecule is CCCNCC(C)Oc1cc(C)cc(C)c1. The lowest BCUT2D eigenvalue weighted by Gasteiger charge is -2.16. The Bertz CT molecular complexity index is 302. The van der Waals surface area contributed by atoms with Gasteiger partial charge in [-0.1, -0.05) is 13.0 Å². The standard InChI is InChI=1S/C14H23NO/c1-5-6-15-10-13(4)16-14-8-11(2)7-12(3)9-14/h7-9,13,15H,5-6,10H2,1-4H3. The van der Waals surface area contributed by atoms with Crippen molar-refractivity contribution in [2.45, 2.75) is 40.2 Å². The van der Waals surface area contributed by atoms with Crippen molar-refractivity contribution < 1.29 is 4.74 Å². The Hall–Kier alpha value is -1.02. The molecule has 0 spiro atoms. The van der Waals surface area contributed by atoms with E-state index in [9.17, 15) is 0 Å². The van der Waals surface area contributed by atoms with Crippen molar-refractivity contribution >= 4 is 0 Å². The molecule has 0 saturated heterocycles. The van der Waals surface area contributed by atoms with Gasteiger partial charge in [0.15, 0.2) is 0 Å². The van der Waals surface area contributed by atoms with Crippen molar-refractivity contribution in [3.8, 4) is 5.75 Å². The third-order valence-electron chi connectivity index (χ3n) is 2.39. The number of hydrogen-bond acceptors (Lipinski definition) is 2. The molecule has 0 fully saturated rings. The second-order valence-corrected chi connectivity index (χ2v) is 4.46. The van der Waals surface area contributed by atoms with Crippen LogP contribution < -0.4 is 10.1 Å². The Kier molecular flexibility index (Phi) is 5.33. The lowest BCUT2D eigenvalue weighted by molar-refractivity contribution is 0.217. The van der Waals surface area contributed by atoms with Crippen LogP contribution in [0.3, 0.4) is 0 Å². The van der Waals surface area contributed by atoms with Crippen LogP contribution in [0.25, 0.3) is 0 Å². The van der Waals surface area contributed by atoms with Crippen LogP contribution >= 0.6 is 0 Å². The molecule has 1 rings (SSSR count). The van der Waals surface area contributed by atoms with E-state index in [1.165, 1.54) is 11.1 Å². The van der Waals surface area contributed by atoms with Crippen LogP contribution in [0, 0.1) is 13.8 Å². The third kappa shape index (κ3) is 4.67. The van der Waals surface area contributed by atoms with Crippen LogP contribution in [-0.4, -0.2) is 19.2 Å². The van der Waals surface area contributed by atoms with Gasteiger partial charge in [-0.3, -0.25) is 0 Å². The van der Waals surface area contributed by atoms with Gasteiger partial charge in [-0.15, -0.1) is 0 Å². The summed E-state index contributed by atoms with van der Waals surface area (Å²) in [4.78, 5) is 0. The molecule has 16 heavy (non-hydrogen) atoms. The highest BCUT2D eigenvalue weighted by Gasteiger charge is 2.04. The first-order chi connectivity index (χ1) is 7.61. The van der Waals surface area contributed by atoms with Gasteiger partial charge in [-0.05, 0) is 57.0 Å². The topological polar surface area (TPSA) is 21.3 Å². The van der Waals surface area contributed by atoms with E-state index in [4.69, 9.17) is 4.74 Å². The van der Waals surface area contributed by atoms with Crippen molar-refractivity contribution in [1.82, 2.24) is 5.32 Å². The van der Waals surface area contributed by atoms with Crippen molar-refractivity contribution in [1.29, 1.82) is 0 Å². The summed E-state index contributed by atoms with van der Waals surface area (Å²) < 4.78 is 5.86. The second-order valence-electron chi connectivity index (χ2n) is 4.46. The molecule has 1 aromatic rings. The fraction of sp³-hybridized carbons (Fsp3) is 0.571. The molecule has 0 radical (unpaired) electrons. The number of ether oxygens (including phenoxy) is 1. The smallest absolute Gasteiger partial charge is 0.120 e. The van der Waals surface area contributed by atoms with Crippen molar-refractivity contribution in [3.63, 3.8) is 0 Å². The fourth-order valence-corrected chi connectivity index (χ4v) is 1.76. The minimum atomic E-state index is 0.216. The summed E-state index contributed by atoms with van der Waals surface area (Å²) in [7, 11) is 0. The van der Waals surface area contributed by atoms with Crippen LogP contribution in [-0.2, 0) is 0 Å². The van der Waals surface area contributed by atoms with E-state index >= 15 is 0 Å². The molecule has 1 unspecified atom stereocenters. The minimum absolute atomic E-state index is 0.216.